The molecule has 1 aliphatic rings. The molecule has 1 amide bonds. The second kappa shape index (κ2) is 5.70. The SMILES string of the molecule is CC1c2ccsc2CCN1C(=O)c1ccc(CBr)cc1. The number of nitrogens with zero attached hydrogens (tertiary/aromatic N) is 1. The van der Waals surface area contributed by atoms with E-state index in [1.54, 1.807) is 11.3 Å². The monoisotopic (exact) mass is 349 g/mol. The van der Waals surface area contributed by atoms with Gasteiger partial charge in [0, 0.05) is 22.3 Å². The van der Waals surface area contributed by atoms with Gasteiger partial charge in [0.2, 0.25) is 0 Å². The predicted molar refractivity (Wildman–Crippen MR) is 86.5 cm³/mol. The summed E-state index contributed by atoms with van der Waals surface area (Å²) in [5.74, 6) is 0.135. The van der Waals surface area contributed by atoms with Gasteiger partial charge in [-0.2, -0.15) is 0 Å². The Balaban J connectivity index is 1.84. The highest BCUT2D eigenvalue weighted by molar-refractivity contribution is 9.08. The number of benzene rings is 1. The molecule has 4 heteroatoms. The summed E-state index contributed by atoms with van der Waals surface area (Å²) in [7, 11) is 0. The molecule has 2 nitrogen and oxygen atoms in total. The van der Waals surface area contributed by atoms with Gasteiger partial charge in [0.15, 0.2) is 0 Å². The second-order valence-electron chi connectivity index (χ2n) is 5.05. The number of thiophene rings is 1. The Morgan fingerprint density at radius 2 is 2.10 bits per heavy atom. The fourth-order valence-corrected chi connectivity index (χ4v) is 4.03. The summed E-state index contributed by atoms with van der Waals surface area (Å²) in [6, 6.07) is 10.2. The van der Waals surface area contributed by atoms with E-state index in [0.717, 1.165) is 23.9 Å². The largest absolute Gasteiger partial charge is 0.331 e. The molecule has 104 valence electrons. The average molecular weight is 350 g/mol. The van der Waals surface area contributed by atoms with Crippen molar-refractivity contribution in [3.8, 4) is 0 Å². The van der Waals surface area contributed by atoms with Crippen molar-refractivity contribution in [3.05, 3.63) is 57.3 Å². The number of hydrogen-bond acceptors (Lipinski definition) is 2. The van der Waals surface area contributed by atoms with Crippen molar-refractivity contribution in [1.29, 1.82) is 0 Å². The van der Waals surface area contributed by atoms with Gasteiger partial charge in [-0.1, -0.05) is 28.1 Å². The van der Waals surface area contributed by atoms with Gasteiger partial charge in [-0.15, -0.1) is 11.3 Å². The molecule has 0 aliphatic carbocycles. The van der Waals surface area contributed by atoms with Gasteiger partial charge in [0.05, 0.1) is 6.04 Å². The molecule has 2 aromatic rings. The molecule has 0 bridgehead atoms. The molecule has 1 aromatic heterocycles. The van der Waals surface area contributed by atoms with Gasteiger partial charge in [0.25, 0.3) is 5.91 Å². The number of fused-ring (bicyclic) bond motifs is 1. The molecule has 0 saturated heterocycles. The highest BCUT2D eigenvalue weighted by atomic mass is 79.9. The molecule has 1 atom stereocenters. The van der Waals surface area contributed by atoms with Gasteiger partial charge in [-0.25, -0.2) is 0 Å². The summed E-state index contributed by atoms with van der Waals surface area (Å²) < 4.78 is 0. The molecule has 1 aliphatic heterocycles. The Morgan fingerprint density at radius 3 is 2.80 bits per heavy atom. The van der Waals surface area contributed by atoms with Crippen molar-refractivity contribution in [2.75, 3.05) is 6.54 Å². The highest BCUT2D eigenvalue weighted by Gasteiger charge is 2.28. The van der Waals surface area contributed by atoms with E-state index in [-0.39, 0.29) is 11.9 Å². The maximum Gasteiger partial charge on any atom is 0.254 e. The lowest BCUT2D eigenvalue weighted by Crippen LogP contribution is -2.38. The van der Waals surface area contributed by atoms with E-state index in [2.05, 4.69) is 34.3 Å². The molecule has 0 spiro atoms. The number of halogens is 1. The van der Waals surface area contributed by atoms with Crippen molar-refractivity contribution in [2.45, 2.75) is 24.7 Å². The number of carbonyl (C=O) groups is 1. The van der Waals surface area contributed by atoms with Gasteiger partial charge < -0.3 is 4.90 Å². The van der Waals surface area contributed by atoms with Crippen LogP contribution in [-0.2, 0) is 11.8 Å². The van der Waals surface area contributed by atoms with Crippen LogP contribution in [0, 0.1) is 0 Å². The minimum absolute atomic E-state index is 0.135. The van der Waals surface area contributed by atoms with Gasteiger partial charge in [-0.3, -0.25) is 4.79 Å². The van der Waals surface area contributed by atoms with E-state index in [1.165, 1.54) is 16.0 Å². The number of carbonyl (C=O) groups excluding carboxylic acids is 1. The molecule has 2 heterocycles. The maximum atomic E-state index is 12.7. The Kier molecular flexibility index (Phi) is 3.94. The quantitative estimate of drug-likeness (QED) is 0.735. The summed E-state index contributed by atoms with van der Waals surface area (Å²) in [5, 5.41) is 2.94. The van der Waals surface area contributed by atoms with Crippen LogP contribution in [0.25, 0.3) is 0 Å². The highest BCUT2D eigenvalue weighted by Crippen LogP contribution is 2.33. The molecule has 1 unspecified atom stereocenters. The zero-order valence-corrected chi connectivity index (χ0v) is 13.7. The normalized spacial score (nSPS) is 17.9. The molecule has 0 saturated carbocycles. The summed E-state index contributed by atoms with van der Waals surface area (Å²) in [6.45, 7) is 2.93. The molecule has 0 fully saturated rings. The first-order chi connectivity index (χ1) is 9.70. The van der Waals surface area contributed by atoms with Crippen LogP contribution in [0.15, 0.2) is 35.7 Å². The third kappa shape index (κ3) is 2.42. The third-order valence-electron chi connectivity index (χ3n) is 3.89. The van der Waals surface area contributed by atoms with E-state index in [1.807, 2.05) is 29.2 Å². The Morgan fingerprint density at radius 1 is 1.35 bits per heavy atom. The molecule has 3 rings (SSSR count). The summed E-state index contributed by atoms with van der Waals surface area (Å²) in [5.41, 5.74) is 3.28. The fraction of sp³-hybridized carbons (Fsp3) is 0.312. The molecular weight excluding hydrogens is 334 g/mol. The summed E-state index contributed by atoms with van der Waals surface area (Å²) in [6.07, 6.45) is 0.975. The van der Waals surface area contributed by atoms with E-state index in [0.29, 0.717) is 0 Å². The Hall–Kier alpha value is -1.13. The molecule has 1 aromatic carbocycles. The maximum absolute atomic E-state index is 12.7. The zero-order valence-electron chi connectivity index (χ0n) is 11.3. The minimum atomic E-state index is 0.135. The van der Waals surface area contributed by atoms with Gasteiger partial charge in [-0.05, 0) is 48.1 Å². The molecule has 20 heavy (non-hydrogen) atoms. The van der Waals surface area contributed by atoms with Crippen LogP contribution < -0.4 is 0 Å². The van der Waals surface area contributed by atoms with Crippen molar-refractivity contribution in [3.63, 3.8) is 0 Å². The van der Waals surface area contributed by atoms with Crippen molar-refractivity contribution < 1.29 is 4.79 Å². The van der Waals surface area contributed by atoms with Crippen LogP contribution in [0.4, 0.5) is 0 Å². The van der Waals surface area contributed by atoms with Crippen molar-refractivity contribution >= 4 is 33.2 Å². The second-order valence-corrected chi connectivity index (χ2v) is 6.62. The first kappa shape index (κ1) is 13.8. The standard InChI is InChI=1S/C16H16BrNOS/c1-11-14-7-9-20-15(14)6-8-18(11)16(19)13-4-2-12(10-17)3-5-13/h2-5,7,9,11H,6,8,10H2,1H3. The Labute approximate surface area is 131 Å². The zero-order chi connectivity index (χ0) is 14.1. The van der Waals surface area contributed by atoms with Crippen molar-refractivity contribution in [2.24, 2.45) is 0 Å². The topological polar surface area (TPSA) is 20.3 Å². The van der Waals surface area contributed by atoms with E-state index in [9.17, 15) is 4.79 Å². The first-order valence-corrected chi connectivity index (χ1v) is 8.73. The van der Waals surface area contributed by atoms with Crippen LogP contribution in [-0.4, -0.2) is 17.4 Å². The van der Waals surface area contributed by atoms with Crippen molar-refractivity contribution in [1.82, 2.24) is 4.90 Å². The summed E-state index contributed by atoms with van der Waals surface area (Å²) >= 11 is 5.23. The van der Waals surface area contributed by atoms with E-state index < -0.39 is 0 Å². The van der Waals surface area contributed by atoms with Crippen LogP contribution in [0.1, 0.15) is 39.3 Å². The average Bonchev–Trinajstić information content (AvgIpc) is 2.96. The number of rotatable bonds is 2. The number of hydrogen-bond donors (Lipinski definition) is 0. The van der Waals surface area contributed by atoms with Crippen LogP contribution >= 0.6 is 27.3 Å². The lowest BCUT2D eigenvalue weighted by molar-refractivity contribution is 0.0679. The van der Waals surface area contributed by atoms with Gasteiger partial charge in [0.1, 0.15) is 0 Å². The number of alkyl halides is 1. The predicted octanol–water partition coefficient (Wildman–Crippen LogP) is 4.40. The molecule has 0 radical (unpaired) electrons. The lowest BCUT2D eigenvalue weighted by atomic mass is 10.00. The van der Waals surface area contributed by atoms with Crippen LogP contribution in [0.3, 0.4) is 0 Å². The third-order valence-corrected chi connectivity index (χ3v) is 5.54. The minimum Gasteiger partial charge on any atom is -0.331 e. The fourth-order valence-electron chi connectivity index (χ4n) is 2.69. The smallest absolute Gasteiger partial charge is 0.254 e. The van der Waals surface area contributed by atoms with Crippen LogP contribution in [0.2, 0.25) is 0 Å². The van der Waals surface area contributed by atoms with E-state index >= 15 is 0 Å². The first-order valence-electron chi connectivity index (χ1n) is 6.73. The van der Waals surface area contributed by atoms with Crippen LogP contribution in [0.5, 0.6) is 0 Å². The molecular formula is C16H16BrNOS. The summed E-state index contributed by atoms with van der Waals surface area (Å²) in [4.78, 5) is 16.1. The van der Waals surface area contributed by atoms with Gasteiger partial charge >= 0.3 is 0 Å². The lowest BCUT2D eigenvalue weighted by Gasteiger charge is -2.33. The number of amides is 1. The van der Waals surface area contributed by atoms with E-state index in [4.69, 9.17) is 0 Å². The molecule has 0 N–H and O–H groups in total. The Bertz CT molecular complexity index is 620.